The van der Waals surface area contributed by atoms with Gasteiger partial charge < -0.3 is 5.32 Å². The molecule has 0 aliphatic heterocycles. The topological polar surface area (TPSA) is 12.0 Å². The maximum atomic E-state index is 13.4. The van der Waals surface area contributed by atoms with Crippen molar-refractivity contribution in [2.24, 2.45) is 0 Å². The highest BCUT2D eigenvalue weighted by Crippen LogP contribution is 2.13. The molecule has 0 radical (unpaired) electrons. The largest absolute Gasteiger partial charge is 0.308 e. The molecule has 0 unspecified atom stereocenters. The molecule has 0 heterocycles. The Morgan fingerprint density at radius 3 is 2.53 bits per heavy atom. The molecule has 94 valence electrons. The first kappa shape index (κ1) is 13.8. The molecule has 1 N–H and O–H groups in total. The van der Waals surface area contributed by atoms with E-state index < -0.39 is 11.6 Å². The van der Waals surface area contributed by atoms with Crippen LogP contribution in [0.15, 0.2) is 23.8 Å². The molecule has 0 bridgehead atoms. The van der Waals surface area contributed by atoms with Crippen LogP contribution in [0.25, 0.3) is 6.08 Å². The summed E-state index contributed by atoms with van der Waals surface area (Å²) in [6.07, 6.45) is 1.66. The fourth-order valence-electron chi connectivity index (χ4n) is 1.35. The molecule has 3 heteroatoms. The van der Waals surface area contributed by atoms with Gasteiger partial charge in [0.1, 0.15) is 11.6 Å². The Bertz CT molecular complexity index is 417. The summed E-state index contributed by atoms with van der Waals surface area (Å²) in [7, 11) is 0. The lowest BCUT2D eigenvalue weighted by atomic mass is 10.1. The monoisotopic (exact) mass is 239 g/mol. The molecule has 0 saturated heterocycles. The number of benzene rings is 1. The zero-order valence-corrected chi connectivity index (χ0v) is 10.8. The first-order valence-corrected chi connectivity index (χ1v) is 5.65. The first-order chi connectivity index (χ1) is 7.78. The molecule has 0 amide bonds. The Hall–Kier alpha value is -1.22. The molecular weight excluding hydrogens is 220 g/mol. The average Bonchev–Trinajstić information content (AvgIpc) is 2.20. The normalized spacial score (nSPS) is 12.9. The minimum absolute atomic E-state index is 0.00951. The Labute approximate surface area is 102 Å². The second-order valence-corrected chi connectivity index (χ2v) is 5.26. The number of rotatable bonds is 3. The lowest BCUT2D eigenvalue weighted by molar-refractivity contribution is 0.445. The van der Waals surface area contributed by atoms with Crippen LogP contribution in [-0.2, 0) is 0 Å². The van der Waals surface area contributed by atoms with Crippen molar-refractivity contribution in [3.8, 4) is 0 Å². The lowest BCUT2D eigenvalue weighted by Crippen LogP contribution is -2.36. The molecule has 0 spiro atoms. The Balaban J connectivity index is 2.77. The van der Waals surface area contributed by atoms with Crippen molar-refractivity contribution in [1.82, 2.24) is 5.32 Å². The van der Waals surface area contributed by atoms with E-state index in [9.17, 15) is 8.78 Å². The van der Waals surface area contributed by atoms with Gasteiger partial charge in [-0.15, -0.1) is 0 Å². The highest BCUT2D eigenvalue weighted by Gasteiger charge is 2.08. The van der Waals surface area contributed by atoms with Crippen LogP contribution in [0.5, 0.6) is 0 Å². The van der Waals surface area contributed by atoms with E-state index in [1.54, 1.807) is 6.08 Å². The van der Waals surface area contributed by atoms with Gasteiger partial charge >= 0.3 is 0 Å². The summed E-state index contributed by atoms with van der Waals surface area (Å²) in [5.41, 5.74) is 1.26. The van der Waals surface area contributed by atoms with Crippen LogP contribution in [0.4, 0.5) is 8.78 Å². The molecule has 1 rings (SSSR count). The summed E-state index contributed by atoms with van der Waals surface area (Å²) in [5, 5.41) is 3.29. The number of nitrogens with one attached hydrogen (secondary N) is 1. The molecule has 0 aliphatic carbocycles. The van der Waals surface area contributed by atoms with E-state index in [0.29, 0.717) is 12.1 Å². The Morgan fingerprint density at radius 2 is 1.94 bits per heavy atom. The van der Waals surface area contributed by atoms with Crippen molar-refractivity contribution in [3.05, 3.63) is 41.0 Å². The van der Waals surface area contributed by atoms with Crippen molar-refractivity contribution < 1.29 is 8.78 Å². The predicted molar refractivity (Wildman–Crippen MR) is 67.8 cm³/mol. The van der Waals surface area contributed by atoms with Crippen LogP contribution < -0.4 is 5.32 Å². The molecule has 0 atom stereocenters. The van der Waals surface area contributed by atoms with Gasteiger partial charge in [-0.1, -0.05) is 11.6 Å². The van der Waals surface area contributed by atoms with Crippen molar-refractivity contribution in [2.75, 3.05) is 6.54 Å². The molecule has 0 aliphatic rings. The van der Waals surface area contributed by atoms with E-state index in [4.69, 9.17) is 0 Å². The lowest BCUT2D eigenvalue weighted by Gasteiger charge is -2.20. The fourth-order valence-corrected chi connectivity index (χ4v) is 1.35. The van der Waals surface area contributed by atoms with Gasteiger partial charge in [-0.3, -0.25) is 0 Å². The van der Waals surface area contributed by atoms with Gasteiger partial charge in [-0.05, 0) is 45.9 Å². The predicted octanol–water partition coefficient (Wildman–Crippen LogP) is 3.76. The smallest absolute Gasteiger partial charge is 0.130 e. The second-order valence-electron chi connectivity index (χ2n) is 5.26. The molecular formula is C14H19F2N. The third-order valence-electron chi connectivity index (χ3n) is 2.26. The van der Waals surface area contributed by atoms with E-state index in [1.807, 2.05) is 6.92 Å². The first-order valence-electron chi connectivity index (χ1n) is 5.65. The van der Waals surface area contributed by atoms with Crippen LogP contribution in [0.3, 0.4) is 0 Å². The second kappa shape index (κ2) is 5.41. The molecule has 0 saturated carbocycles. The van der Waals surface area contributed by atoms with E-state index in [0.717, 1.165) is 17.7 Å². The third kappa shape index (κ3) is 5.09. The van der Waals surface area contributed by atoms with Crippen LogP contribution in [0.2, 0.25) is 0 Å². The van der Waals surface area contributed by atoms with E-state index in [-0.39, 0.29) is 5.54 Å². The molecule has 1 aromatic rings. The molecule has 0 fully saturated rings. The van der Waals surface area contributed by atoms with Gasteiger partial charge in [-0.2, -0.15) is 0 Å². The summed E-state index contributed by atoms with van der Waals surface area (Å²) in [5.74, 6) is -0.823. The summed E-state index contributed by atoms with van der Waals surface area (Å²) in [6, 6.07) is 3.47. The summed E-state index contributed by atoms with van der Waals surface area (Å²) < 4.78 is 26.3. The van der Waals surface area contributed by atoms with Crippen molar-refractivity contribution in [3.63, 3.8) is 0 Å². The summed E-state index contributed by atoms with van der Waals surface area (Å²) >= 11 is 0. The number of halogens is 2. The highest BCUT2D eigenvalue weighted by atomic mass is 19.1. The minimum atomic E-state index is -0.422. The van der Waals surface area contributed by atoms with E-state index in [1.165, 1.54) is 6.07 Å². The zero-order chi connectivity index (χ0) is 13.1. The van der Waals surface area contributed by atoms with Gasteiger partial charge in [0, 0.05) is 17.6 Å². The maximum absolute atomic E-state index is 13.4. The Morgan fingerprint density at radius 1 is 1.29 bits per heavy atom. The highest BCUT2D eigenvalue weighted by molar-refractivity contribution is 5.53. The standard InChI is InChI=1S/C14H19F2N/c1-10(9-17-14(2,3)4)7-11-8-12(15)5-6-13(11)16/h5-8,17H,9H2,1-4H3. The van der Waals surface area contributed by atoms with Crippen molar-refractivity contribution in [2.45, 2.75) is 33.2 Å². The van der Waals surface area contributed by atoms with E-state index >= 15 is 0 Å². The maximum Gasteiger partial charge on any atom is 0.130 e. The molecule has 1 aromatic carbocycles. The SMILES string of the molecule is CC(=Cc1cc(F)ccc1F)CNC(C)(C)C. The average molecular weight is 239 g/mol. The summed E-state index contributed by atoms with van der Waals surface area (Å²) in [4.78, 5) is 0. The van der Waals surface area contributed by atoms with Gasteiger partial charge in [0.15, 0.2) is 0 Å². The summed E-state index contributed by atoms with van der Waals surface area (Å²) in [6.45, 7) is 8.72. The van der Waals surface area contributed by atoms with Crippen molar-refractivity contribution in [1.29, 1.82) is 0 Å². The van der Waals surface area contributed by atoms with Gasteiger partial charge in [0.2, 0.25) is 0 Å². The quantitative estimate of drug-likeness (QED) is 0.847. The molecule has 0 aromatic heterocycles. The zero-order valence-electron chi connectivity index (χ0n) is 10.8. The van der Waals surface area contributed by atoms with Crippen LogP contribution in [-0.4, -0.2) is 12.1 Å². The fraction of sp³-hybridized carbons (Fsp3) is 0.429. The van der Waals surface area contributed by atoms with Gasteiger partial charge in [0.25, 0.3) is 0 Å². The van der Waals surface area contributed by atoms with E-state index in [2.05, 4.69) is 26.1 Å². The van der Waals surface area contributed by atoms with Crippen LogP contribution >= 0.6 is 0 Å². The minimum Gasteiger partial charge on any atom is -0.308 e. The molecule has 17 heavy (non-hydrogen) atoms. The number of hydrogen-bond acceptors (Lipinski definition) is 1. The molecule has 1 nitrogen and oxygen atoms in total. The van der Waals surface area contributed by atoms with Crippen molar-refractivity contribution >= 4 is 6.08 Å². The number of hydrogen-bond donors (Lipinski definition) is 1. The third-order valence-corrected chi connectivity index (χ3v) is 2.26. The Kier molecular flexibility index (Phi) is 4.40. The van der Waals surface area contributed by atoms with Crippen LogP contribution in [0.1, 0.15) is 33.3 Å². The van der Waals surface area contributed by atoms with Gasteiger partial charge in [-0.25, -0.2) is 8.78 Å². The van der Waals surface area contributed by atoms with Gasteiger partial charge in [0.05, 0.1) is 0 Å². The van der Waals surface area contributed by atoms with Crippen LogP contribution in [0, 0.1) is 11.6 Å².